The molecule has 0 aliphatic carbocycles. The van der Waals surface area contributed by atoms with Crippen molar-refractivity contribution in [3.8, 4) is 0 Å². The van der Waals surface area contributed by atoms with Gasteiger partial charge in [0.1, 0.15) is 0 Å². The van der Waals surface area contributed by atoms with Crippen LogP contribution < -0.4 is 0 Å². The van der Waals surface area contributed by atoms with Crippen molar-refractivity contribution in [1.29, 1.82) is 0 Å². The van der Waals surface area contributed by atoms with E-state index in [1.54, 1.807) is 28.9 Å². The molecule has 24 heavy (non-hydrogen) atoms. The van der Waals surface area contributed by atoms with E-state index in [2.05, 4.69) is 9.84 Å². The Bertz CT molecular complexity index is 736. The molecule has 1 aromatic heterocycles. The lowest BCUT2D eigenvalue weighted by Gasteiger charge is -2.32. The molecule has 6 heteroatoms. The summed E-state index contributed by atoms with van der Waals surface area (Å²) >= 11 is 0. The number of hydrogen-bond acceptors (Lipinski definition) is 4. The Labute approximate surface area is 141 Å². The molecular formula is C18H21N3O3. The maximum Gasteiger partial charge on any atom is 0.337 e. The van der Waals surface area contributed by atoms with Crippen LogP contribution in [0.5, 0.6) is 0 Å². The van der Waals surface area contributed by atoms with Gasteiger partial charge in [0.15, 0.2) is 0 Å². The molecule has 0 spiro atoms. The first-order valence-corrected chi connectivity index (χ1v) is 8.04. The number of nitrogens with zero attached hydrogens (tertiary/aromatic N) is 3. The van der Waals surface area contributed by atoms with Gasteiger partial charge in [-0.3, -0.25) is 9.48 Å². The fourth-order valence-corrected chi connectivity index (χ4v) is 3.13. The van der Waals surface area contributed by atoms with Crippen LogP contribution in [0.25, 0.3) is 0 Å². The Balaban J connectivity index is 1.71. The largest absolute Gasteiger partial charge is 0.465 e. The Kier molecular flexibility index (Phi) is 4.64. The van der Waals surface area contributed by atoms with Crippen molar-refractivity contribution in [2.75, 3.05) is 20.2 Å². The normalized spacial score (nSPS) is 17.6. The maximum absolute atomic E-state index is 12.7. The molecule has 1 fully saturated rings. The van der Waals surface area contributed by atoms with Crippen LogP contribution in [0.4, 0.5) is 0 Å². The number of carbonyl (C=O) groups excluding carboxylic acids is 2. The second-order valence-electron chi connectivity index (χ2n) is 6.11. The van der Waals surface area contributed by atoms with Gasteiger partial charge in [0.2, 0.25) is 0 Å². The van der Waals surface area contributed by atoms with Gasteiger partial charge in [-0.15, -0.1) is 0 Å². The number of ether oxygens (including phenoxy) is 1. The molecule has 1 saturated heterocycles. The molecule has 1 atom stereocenters. The first-order chi connectivity index (χ1) is 11.6. The van der Waals surface area contributed by atoms with E-state index in [0.717, 1.165) is 19.4 Å². The van der Waals surface area contributed by atoms with Crippen LogP contribution in [-0.2, 0) is 11.8 Å². The van der Waals surface area contributed by atoms with E-state index in [-0.39, 0.29) is 5.91 Å². The minimum absolute atomic E-state index is 0.00000567. The molecule has 0 bridgehead atoms. The standard InChI is InChI=1S/C18H21N3O3/c1-20-11-16(10-19-20)15-4-3-9-21(12-15)17(22)13-5-7-14(8-6-13)18(23)24-2/h5-8,10-11,15H,3-4,9,12H2,1-2H3. The number of aromatic nitrogens is 2. The second-order valence-corrected chi connectivity index (χ2v) is 6.11. The first-order valence-electron chi connectivity index (χ1n) is 8.04. The van der Waals surface area contributed by atoms with E-state index >= 15 is 0 Å². The Morgan fingerprint density at radius 3 is 2.54 bits per heavy atom. The predicted molar refractivity (Wildman–Crippen MR) is 88.9 cm³/mol. The molecule has 1 aromatic carbocycles. The molecular weight excluding hydrogens is 306 g/mol. The lowest BCUT2D eigenvalue weighted by Crippen LogP contribution is -2.39. The molecule has 2 heterocycles. The molecule has 1 unspecified atom stereocenters. The third-order valence-corrected chi connectivity index (χ3v) is 4.46. The van der Waals surface area contributed by atoms with Gasteiger partial charge in [-0.25, -0.2) is 4.79 Å². The Morgan fingerprint density at radius 1 is 1.21 bits per heavy atom. The van der Waals surface area contributed by atoms with Crippen LogP contribution in [0.3, 0.4) is 0 Å². The molecule has 0 radical (unpaired) electrons. The summed E-state index contributed by atoms with van der Waals surface area (Å²) in [6, 6.07) is 6.62. The molecule has 1 amide bonds. The highest BCUT2D eigenvalue weighted by Crippen LogP contribution is 2.27. The van der Waals surface area contributed by atoms with Crippen molar-refractivity contribution in [2.45, 2.75) is 18.8 Å². The smallest absolute Gasteiger partial charge is 0.337 e. The van der Waals surface area contributed by atoms with Crippen LogP contribution in [0.2, 0.25) is 0 Å². The fourth-order valence-electron chi connectivity index (χ4n) is 3.13. The Morgan fingerprint density at radius 2 is 1.92 bits per heavy atom. The van der Waals surface area contributed by atoms with Crippen molar-refractivity contribution >= 4 is 11.9 Å². The van der Waals surface area contributed by atoms with Gasteiger partial charge in [-0.1, -0.05) is 0 Å². The zero-order valence-corrected chi connectivity index (χ0v) is 13.9. The van der Waals surface area contributed by atoms with Crippen LogP contribution in [0, 0.1) is 0 Å². The molecule has 1 aliphatic rings. The summed E-state index contributed by atoms with van der Waals surface area (Å²) in [5.41, 5.74) is 2.21. The lowest BCUT2D eigenvalue weighted by molar-refractivity contribution is 0.0599. The van der Waals surface area contributed by atoms with E-state index in [1.807, 2.05) is 24.3 Å². The van der Waals surface area contributed by atoms with E-state index in [9.17, 15) is 9.59 Å². The summed E-state index contributed by atoms with van der Waals surface area (Å²) in [6.07, 6.45) is 5.94. The topological polar surface area (TPSA) is 64.4 Å². The number of amides is 1. The number of esters is 1. The van der Waals surface area contributed by atoms with Crippen LogP contribution >= 0.6 is 0 Å². The molecule has 126 valence electrons. The Hall–Kier alpha value is -2.63. The zero-order valence-electron chi connectivity index (χ0n) is 13.9. The third-order valence-electron chi connectivity index (χ3n) is 4.46. The third kappa shape index (κ3) is 3.32. The number of hydrogen-bond donors (Lipinski definition) is 0. The highest BCUT2D eigenvalue weighted by atomic mass is 16.5. The molecule has 0 saturated carbocycles. The summed E-state index contributed by atoms with van der Waals surface area (Å²) in [4.78, 5) is 26.1. The minimum atomic E-state index is -0.399. The van der Waals surface area contributed by atoms with E-state index in [1.165, 1.54) is 12.7 Å². The van der Waals surface area contributed by atoms with Crippen molar-refractivity contribution in [2.24, 2.45) is 7.05 Å². The van der Waals surface area contributed by atoms with Crippen LogP contribution in [0.1, 0.15) is 45.0 Å². The average Bonchev–Trinajstić information content (AvgIpc) is 3.07. The summed E-state index contributed by atoms with van der Waals surface area (Å²) in [6.45, 7) is 1.46. The average molecular weight is 327 g/mol. The summed E-state index contributed by atoms with van der Waals surface area (Å²) in [5, 5.41) is 4.22. The monoisotopic (exact) mass is 327 g/mol. The number of piperidine rings is 1. The number of benzene rings is 1. The molecule has 3 rings (SSSR count). The summed E-state index contributed by atoms with van der Waals surface area (Å²) in [5.74, 6) is -0.0747. The maximum atomic E-state index is 12.7. The molecule has 2 aromatic rings. The van der Waals surface area contributed by atoms with Gasteiger partial charge in [0.05, 0.1) is 18.9 Å². The van der Waals surface area contributed by atoms with E-state index in [0.29, 0.717) is 23.6 Å². The first kappa shape index (κ1) is 16.2. The fraction of sp³-hybridized carbons (Fsp3) is 0.389. The molecule has 6 nitrogen and oxygen atoms in total. The van der Waals surface area contributed by atoms with E-state index < -0.39 is 5.97 Å². The summed E-state index contributed by atoms with van der Waals surface area (Å²) < 4.78 is 6.47. The van der Waals surface area contributed by atoms with Crippen molar-refractivity contribution < 1.29 is 14.3 Å². The van der Waals surface area contributed by atoms with Crippen molar-refractivity contribution in [1.82, 2.24) is 14.7 Å². The van der Waals surface area contributed by atoms with Crippen LogP contribution in [-0.4, -0.2) is 46.8 Å². The number of rotatable bonds is 3. The molecule has 1 aliphatic heterocycles. The highest BCUT2D eigenvalue weighted by molar-refractivity contribution is 5.96. The van der Waals surface area contributed by atoms with Gasteiger partial charge < -0.3 is 9.64 Å². The van der Waals surface area contributed by atoms with Crippen molar-refractivity contribution in [3.63, 3.8) is 0 Å². The van der Waals surface area contributed by atoms with Gasteiger partial charge in [0, 0.05) is 37.8 Å². The number of aryl methyl sites for hydroxylation is 1. The second kappa shape index (κ2) is 6.86. The number of carbonyl (C=O) groups is 2. The zero-order chi connectivity index (χ0) is 17.1. The van der Waals surface area contributed by atoms with Gasteiger partial charge in [-0.2, -0.15) is 5.10 Å². The van der Waals surface area contributed by atoms with Gasteiger partial charge in [-0.05, 0) is 42.7 Å². The lowest BCUT2D eigenvalue weighted by atomic mass is 9.92. The number of likely N-dealkylation sites (tertiary alicyclic amines) is 1. The van der Waals surface area contributed by atoms with E-state index in [4.69, 9.17) is 0 Å². The highest BCUT2D eigenvalue weighted by Gasteiger charge is 2.26. The summed E-state index contributed by atoms with van der Waals surface area (Å²) in [7, 11) is 3.24. The number of methoxy groups -OCH3 is 1. The predicted octanol–water partition coefficient (Wildman–Crippen LogP) is 2.23. The SMILES string of the molecule is COC(=O)c1ccc(C(=O)N2CCCC(c3cnn(C)c3)C2)cc1. The van der Waals surface area contributed by atoms with Gasteiger partial charge in [0.25, 0.3) is 5.91 Å². The quantitative estimate of drug-likeness (QED) is 0.811. The van der Waals surface area contributed by atoms with Crippen molar-refractivity contribution in [3.05, 3.63) is 53.3 Å². The van der Waals surface area contributed by atoms with Crippen LogP contribution in [0.15, 0.2) is 36.7 Å². The molecule has 0 N–H and O–H groups in total. The van der Waals surface area contributed by atoms with Gasteiger partial charge >= 0.3 is 5.97 Å². The minimum Gasteiger partial charge on any atom is -0.465 e.